The van der Waals surface area contributed by atoms with Gasteiger partial charge in [-0.05, 0) is 71.8 Å². The van der Waals surface area contributed by atoms with Crippen LogP contribution in [0, 0.1) is 0 Å². The summed E-state index contributed by atoms with van der Waals surface area (Å²) in [6, 6.07) is 17.3. The molecule has 8 nitrogen and oxygen atoms in total. The molecule has 0 saturated heterocycles. The molecule has 3 aromatic carbocycles. The van der Waals surface area contributed by atoms with Crippen LogP contribution in [-0.2, 0) is 6.42 Å². The first-order valence-corrected chi connectivity index (χ1v) is 13.5. The molecule has 0 bridgehead atoms. The van der Waals surface area contributed by atoms with E-state index in [0.717, 1.165) is 58.8 Å². The molecule has 1 heterocycles. The van der Waals surface area contributed by atoms with Crippen molar-refractivity contribution in [1.82, 2.24) is 10.3 Å². The van der Waals surface area contributed by atoms with Gasteiger partial charge in [-0.2, -0.15) is 0 Å². The van der Waals surface area contributed by atoms with Gasteiger partial charge in [0.15, 0.2) is 11.5 Å². The number of rotatable bonds is 13. The first-order valence-electron chi connectivity index (χ1n) is 13.5. The van der Waals surface area contributed by atoms with Gasteiger partial charge >= 0.3 is 0 Å². The fraction of sp³-hybridized carbons (Fsp3) is 0.344. The highest BCUT2D eigenvalue weighted by atomic mass is 16.5. The first kappa shape index (κ1) is 29.0. The maximum atomic E-state index is 13.5. The smallest absolute Gasteiger partial charge is 0.253 e. The number of methoxy groups -OCH3 is 3. The van der Waals surface area contributed by atoms with Crippen molar-refractivity contribution >= 4 is 16.8 Å². The number of benzene rings is 3. The Bertz CT molecular complexity index is 1420. The molecule has 0 fully saturated rings. The summed E-state index contributed by atoms with van der Waals surface area (Å²) in [5, 5.41) is 24.0. The second-order valence-electron chi connectivity index (χ2n) is 9.86. The molecule has 4 aromatic rings. The number of hydrogen-bond acceptors (Lipinski definition) is 6. The number of unbranched alkanes of at least 4 members (excludes halogenated alkanes) is 2. The fourth-order valence-electron chi connectivity index (χ4n) is 4.98. The summed E-state index contributed by atoms with van der Waals surface area (Å²) in [7, 11) is 4.68. The van der Waals surface area contributed by atoms with Gasteiger partial charge in [-0.25, -0.2) is 0 Å². The predicted octanol–water partition coefficient (Wildman–Crippen LogP) is 5.42. The second-order valence-corrected chi connectivity index (χ2v) is 9.86. The van der Waals surface area contributed by atoms with Crippen LogP contribution in [-0.4, -0.2) is 55.3 Å². The lowest BCUT2D eigenvalue weighted by atomic mass is 9.95. The van der Waals surface area contributed by atoms with Gasteiger partial charge in [0, 0.05) is 35.2 Å². The van der Waals surface area contributed by atoms with Crippen LogP contribution in [0.5, 0.6) is 17.2 Å². The monoisotopic (exact) mass is 546 g/mol. The van der Waals surface area contributed by atoms with Gasteiger partial charge in [0.2, 0.25) is 5.75 Å². The number of amides is 1. The van der Waals surface area contributed by atoms with Crippen molar-refractivity contribution in [1.29, 1.82) is 0 Å². The molecule has 1 unspecified atom stereocenters. The Morgan fingerprint density at radius 3 is 2.30 bits per heavy atom. The highest BCUT2D eigenvalue weighted by Crippen LogP contribution is 2.41. The van der Waals surface area contributed by atoms with Gasteiger partial charge in [-0.15, -0.1) is 0 Å². The largest absolute Gasteiger partial charge is 0.493 e. The van der Waals surface area contributed by atoms with Crippen molar-refractivity contribution in [2.24, 2.45) is 0 Å². The van der Waals surface area contributed by atoms with Gasteiger partial charge in [0.05, 0.1) is 21.3 Å². The van der Waals surface area contributed by atoms with Gasteiger partial charge in [0.1, 0.15) is 6.23 Å². The number of hydrogen-bond donors (Lipinski definition) is 4. The SMILES string of the molecule is COc1cc(-c2cc(CCCCCO)cc(C(=O)N[C@H](O)C(C)c3c[nH]c4ccccc34)c2)cc(OC)c1OC. The summed E-state index contributed by atoms with van der Waals surface area (Å²) < 4.78 is 16.6. The average Bonchev–Trinajstić information content (AvgIpc) is 3.42. The number of H-pyrrole nitrogens is 1. The molecular weight excluding hydrogens is 508 g/mol. The molecule has 2 atom stereocenters. The molecular formula is C32H38N2O6. The number of para-hydroxylation sites is 1. The molecule has 1 aromatic heterocycles. The van der Waals surface area contributed by atoms with E-state index in [9.17, 15) is 9.90 Å². The van der Waals surface area contributed by atoms with E-state index < -0.39 is 6.23 Å². The van der Waals surface area contributed by atoms with E-state index in [4.69, 9.17) is 19.3 Å². The van der Waals surface area contributed by atoms with Crippen LogP contribution in [0.25, 0.3) is 22.0 Å². The van der Waals surface area contributed by atoms with Crippen LogP contribution < -0.4 is 19.5 Å². The van der Waals surface area contributed by atoms with Crippen molar-refractivity contribution < 1.29 is 29.2 Å². The van der Waals surface area contributed by atoms with Crippen LogP contribution >= 0.6 is 0 Å². The van der Waals surface area contributed by atoms with Gasteiger partial charge < -0.3 is 34.7 Å². The number of fused-ring (bicyclic) bond motifs is 1. The minimum Gasteiger partial charge on any atom is -0.493 e. The summed E-state index contributed by atoms with van der Waals surface area (Å²) in [5.41, 5.74) is 4.93. The van der Waals surface area contributed by atoms with Crippen molar-refractivity contribution in [3.8, 4) is 28.4 Å². The summed E-state index contributed by atoms with van der Waals surface area (Å²) in [6.45, 7) is 2.05. The molecule has 4 rings (SSSR count). The summed E-state index contributed by atoms with van der Waals surface area (Å²) in [5.74, 6) is 0.807. The van der Waals surface area contributed by atoms with Crippen LogP contribution in [0.4, 0.5) is 0 Å². The first-order chi connectivity index (χ1) is 19.4. The molecule has 1 amide bonds. The van der Waals surface area contributed by atoms with Crippen molar-refractivity contribution in [3.05, 3.63) is 77.5 Å². The van der Waals surface area contributed by atoms with Crippen LogP contribution in [0.15, 0.2) is 60.8 Å². The number of ether oxygens (including phenoxy) is 3. The minimum atomic E-state index is -1.09. The second kappa shape index (κ2) is 13.4. The van der Waals surface area contributed by atoms with Crippen LogP contribution in [0.3, 0.4) is 0 Å². The lowest BCUT2D eigenvalue weighted by Gasteiger charge is -2.21. The number of carbonyl (C=O) groups is 1. The molecule has 0 aliphatic heterocycles. The number of aryl methyl sites for hydroxylation is 1. The van der Waals surface area contributed by atoms with E-state index in [0.29, 0.717) is 22.8 Å². The minimum absolute atomic E-state index is 0.158. The van der Waals surface area contributed by atoms with Gasteiger partial charge in [0.25, 0.3) is 5.91 Å². The number of aliphatic hydroxyl groups is 2. The Balaban J connectivity index is 1.65. The Morgan fingerprint density at radius 2 is 1.62 bits per heavy atom. The lowest BCUT2D eigenvalue weighted by molar-refractivity contribution is 0.0728. The lowest BCUT2D eigenvalue weighted by Crippen LogP contribution is -2.38. The van der Waals surface area contributed by atoms with Crippen molar-refractivity contribution in [3.63, 3.8) is 0 Å². The van der Waals surface area contributed by atoms with E-state index in [-0.39, 0.29) is 18.4 Å². The Kier molecular flexibility index (Phi) is 9.69. The molecule has 0 aliphatic carbocycles. The molecule has 8 heteroatoms. The quantitative estimate of drug-likeness (QED) is 0.132. The normalized spacial score (nSPS) is 12.7. The summed E-state index contributed by atoms with van der Waals surface area (Å²) in [4.78, 5) is 16.7. The van der Waals surface area contributed by atoms with E-state index in [2.05, 4.69) is 10.3 Å². The highest BCUT2D eigenvalue weighted by Gasteiger charge is 2.23. The average molecular weight is 547 g/mol. The third kappa shape index (κ3) is 6.41. The van der Waals surface area contributed by atoms with Gasteiger partial charge in [-0.1, -0.05) is 37.6 Å². The Labute approximate surface area is 234 Å². The number of carbonyl (C=O) groups excluding carboxylic acids is 1. The third-order valence-corrected chi connectivity index (χ3v) is 7.24. The predicted molar refractivity (Wildman–Crippen MR) is 156 cm³/mol. The van der Waals surface area contributed by atoms with E-state index in [1.54, 1.807) is 27.4 Å². The number of aliphatic hydroxyl groups excluding tert-OH is 2. The fourth-order valence-corrected chi connectivity index (χ4v) is 4.98. The van der Waals surface area contributed by atoms with Crippen molar-refractivity contribution in [2.75, 3.05) is 27.9 Å². The zero-order valence-corrected chi connectivity index (χ0v) is 23.5. The molecule has 0 spiro atoms. The maximum absolute atomic E-state index is 13.5. The summed E-state index contributed by atoms with van der Waals surface area (Å²) in [6.07, 6.45) is 4.02. The number of nitrogens with one attached hydrogen (secondary N) is 2. The molecule has 0 saturated carbocycles. The van der Waals surface area contributed by atoms with E-state index in [1.165, 1.54) is 0 Å². The van der Waals surface area contributed by atoms with Crippen LogP contribution in [0.1, 0.15) is 53.6 Å². The molecule has 40 heavy (non-hydrogen) atoms. The number of aromatic nitrogens is 1. The van der Waals surface area contributed by atoms with Crippen molar-refractivity contribution in [2.45, 2.75) is 44.8 Å². The Morgan fingerprint density at radius 1 is 0.925 bits per heavy atom. The number of aromatic amines is 1. The Hall–Kier alpha value is -4.01. The van der Waals surface area contributed by atoms with Gasteiger partial charge in [-0.3, -0.25) is 4.79 Å². The highest BCUT2D eigenvalue weighted by molar-refractivity contribution is 5.96. The standard InChI is InChI=1S/C32H38N2O6/c1-20(26-19-33-27-12-8-7-11-25(26)27)31(36)34-32(37)24-15-21(10-6-5-9-13-35)14-22(16-24)23-17-28(38-2)30(40-4)29(18-23)39-3/h7-8,11-12,14-20,31,33,35-36H,5-6,9-10,13H2,1-4H3,(H,34,37)/t20?,31-/m1/s1. The molecule has 0 radical (unpaired) electrons. The topological polar surface area (TPSA) is 113 Å². The molecule has 0 aliphatic rings. The third-order valence-electron chi connectivity index (χ3n) is 7.24. The zero-order chi connectivity index (χ0) is 28.6. The van der Waals surface area contributed by atoms with E-state index >= 15 is 0 Å². The van der Waals surface area contributed by atoms with Crippen LogP contribution in [0.2, 0.25) is 0 Å². The molecule has 4 N–H and O–H groups in total. The van der Waals surface area contributed by atoms with E-state index in [1.807, 2.05) is 61.7 Å². The summed E-state index contributed by atoms with van der Waals surface area (Å²) >= 11 is 0. The zero-order valence-electron chi connectivity index (χ0n) is 23.5. The molecule has 212 valence electrons. The maximum Gasteiger partial charge on any atom is 0.253 e.